The third-order valence-electron chi connectivity index (χ3n) is 4.05. The molecule has 30 heavy (non-hydrogen) atoms. The number of carbonyl (C=O) groups excluding carboxylic acids is 2. The minimum Gasteiger partial charge on any atom is -0.497 e. The number of hydrogen-bond acceptors (Lipinski definition) is 7. The maximum atomic E-state index is 12.2. The van der Waals surface area contributed by atoms with Gasteiger partial charge in [0.05, 0.1) is 23.6 Å². The van der Waals surface area contributed by atoms with Gasteiger partial charge in [-0.2, -0.15) is 0 Å². The van der Waals surface area contributed by atoms with Crippen molar-refractivity contribution >= 4 is 44.2 Å². The number of nitrogens with zero attached hydrogens (tertiary/aromatic N) is 1. The number of amides is 2. The number of aromatic nitrogens is 1. The van der Waals surface area contributed by atoms with Gasteiger partial charge >= 0.3 is 0 Å². The Balaban J connectivity index is 1.34. The molecule has 0 atom stereocenters. The summed E-state index contributed by atoms with van der Waals surface area (Å²) in [6.45, 7) is -0.200. The largest absolute Gasteiger partial charge is 0.497 e. The van der Waals surface area contributed by atoms with Crippen LogP contribution in [-0.2, 0) is 4.79 Å². The molecule has 0 bridgehead atoms. The Kier molecular flexibility index (Phi) is 5.62. The maximum Gasteiger partial charge on any atom is 0.291 e. The highest BCUT2D eigenvalue weighted by Gasteiger charge is 2.11. The molecule has 2 aromatic carbocycles. The van der Waals surface area contributed by atoms with E-state index in [0.29, 0.717) is 16.6 Å². The number of methoxy groups -OCH3 is 1. The Morgan fingerprint density at radius 1 is 1.07 bits per heavy atom. The minimum absolute atomic E-state index is 0.200. The molecular weight excluding hydrogens is 406 g/mol. The predicted octanol–water partition coefficient (Wildman–Crippen LogP) is 4.17. The summed E-state index contributed by atoms with van der Waals surface area (Å²) in [5.41, 5.74) is 1.30. The van der Waals surface area contributed by atoms with Crippen molar-refractivity contribution in [3.63, 3.8) is 0 Å². The first-order valence-electron chi connectivity index (χ1n) is 8.93. The van der Waals surface area contributed by atoms with Gasteiger partial charge in [-0.15, -0.1) is 0 Å². The quantitative estimate of drug-likeness (QED) is 0.463. The van der Waals surface area contributed by atoms with Gasteiger partial charge in [0.1, 0.15) is 11.5 Å². The number of fused-ring (bicyclic) bond motifs is 1. The van der Waals surface area contributed by atoms with E-state index in [0.717, 1.165) is 16.0 Å². The molecule has 0 fully saturated rings. The predicted molar refractivity (Wildman–Crippen MR) is 113 cm³/mol. The molecule has 2 N–H and O–H groups in total. The van der Waals surface area contributed by atoms with Gasteiger partial charge in [0.15, 0.2) is 17.5 Å². The van der Waals surface area contributed by atoms with E-state index in [4.69, 9.17) is 13.9 Å². The number of rotatable bonds is 7. The first-order chi connectivity index (χ1) is 14.6. The highest BCUT2D eigenvalue weighted by atomic mass is 32.1. The fourth-order valence-corrected chi connectivity index (χ4v) is 3.56. The molecular formula is C21H17N3O5S. The lowest BCUT2D eigenvalue weighted by Gasteiger charge is -2.08. The van der Waals surface area contributed by atoms with Crippen LogP contribution in [-0.4, -0.2) is 30.5 Å². The molecule has 2 heterocycles. The molecule has 9 heteroatoms. The number of hydrogen-bond donors (Lipinski definition) is 2. The highest BCUT2D eigenvalue weighted by molar-refractivity contribution is 7.22. The minimum atomic E-state index is -0.373. The van der Waals surface area contributed by atoms with Crippen molar-refractivity contribution in [2.75, 3.05) is 24.4 Å². The summed E-state index contributed by atoms with van der Waals surface area (Å²) in [6.07, 6.45) is 1.43. The molecule has 2 aromatic heterocycles. The van der Waals surface area contributed by atoms with Crippen LogP contribution in [0, 0.1) is 0 Å². The summed E-state index contributed by atoms with van der Waals surface area (Å²) in [7, 11) is 1.60. The van der Waals surface area contributed by atoms with E-state index >= 15 is 0 Å². The van der Waals surface area contributed by atoms with Crippen molar-refractivity contribution in [1.29, 1.82) is 0 Å². The number of furan rings is 1. The van der Waals surface area contributed by atoms with Gasteiger partial charge in [-0.1, -0.05) is 17.4 Å². The Labute approximate surface area is 175 Å². The Hall–Kier alpha value is -3.85. The van der Waals surface area contributed by atoms with E-state index in [1.54, 1.807) is 43.5 Å². The molecule has 0 aliphatic rings. The van der Waals surface area contributed by atoms with Crippen LogP contribution in [0.5, 0.6) is 11.5 Å². The first-order valence-corrected chi connectivity index (χ1v) is 9.74. The van der Waals surface area contributed by atoms with E-state index < -0.39 is 0 Å². The molecule has 0 radical (unpaired) electrons. The zero-order valence-corrected chi connectivity index (χ0v) is 16.7. The molecule has 0 aliphatic heterocycles. The number of anilines is 2. The van der Waals surface area contributed by atoms with Gasteiger partial charge in [-0.3, -0.25) is 14.9 Å². The topological polar surface area (TPSA) is 103 Å². The third-order valence-corrected chi connectivity index (χ3v) is 4.98. The first kappa shape index (κ1) is 19.5. The molecule has 2 amide bonds. The van der Waals surface area contributed by atoms with Gasteiger partial charge in [0.2, 0.25) is 0 Å². The molecule has 0 unspecified atom stereocenters. The van der Waals surface area contributed by atoms with E-state index in [1.165, 1.54) is 17.6 Å². The maximum absolute atomic E-state index is 12.2. The summed E-state index contributed by atoms with van der Waals surface area (Å²) in [5.74, 6) is 0.658. The van der Waals surface area contributed by atoms with Gasteiger partial charge in [0.25, 0.3) is 11.8 Å². The fraction of sp³-hybridized carbons (Fsp3) is 0.0952. The molecule has 0 saturated carbocycles. The summed E-state index contributed by atoms with van der Waals surface area (Å²) in [5, 5.41) is 5.91. The van der Waals surface area contributed by atoms with Gasteiger partial charge in [0, 0.05) is 11.8 Å². The summed E-state index contributed by atoms with van der Waals surface area (Å²) in [6, 6.07) is 15.5. The van der Waals surface area contributed by atoms with E-state index in [2.05, 4.69) is 15.6 Å². The second-order valence-electron chi connectivity index (χ2n) is 6.15. The Morgan fingerprint density at radius 2 is 1.97 bits per heavy atom. The number of ether oxygens (including phenoxy) is 2. The molecule has 8 nitrogen and oxygen atoms in total. The van der Waals surface area contributed by atoms with Crippen LogP contribution in [0.1, 0.15) is 10.6 Å². The van der Waals surface area contributed by atoms with Crippen molar-refractivity contribution in [1.82, 2.24) is 4.98 Å². The lowest BCUT2D eigenvalue weighted by molar-refractivity contribution is -0.118. The second-order valence-corrected chi connectivity index (χ2v) is 7.18. The molecule has 0 aliphatic carbocycles. The Morgan fingerprint density at radius 3 is 2.77 bits per heavy atom. The monoisotopic (exact) mass is 423 g/mol. The SMILES string of the molecule is COc1ccc2nc(NC(=O)COc3cccc(NC(=O)c4ccco4)c3)sc2c1. The zero-order chi connectivity index (χ0) is 20.9. The molecule has 4 rings (SSSR count). The molecule has 152 valence electrons. The van der Waals surface area contributed by atoms with E-state index in [-0.39, 0.29) is 24.2 Å². The van der Waals surface area contributed by atoms with Gasteiger partial charge < -0.3 is 19.2 Å². The van der Waals surface area contributed by atoms with E-state index in [9.17, 15) is 9.59 Å². The standard InChI is InChI=1S/C21H17N3O5S/c1-27-14-7-8-16-18(11-14)30-21(23-16)24-19(25)12-29-15-5-2-4-13(10-15)22-20(26)17-6-3-9-28-17/h2-11H,12H2,1H3,(H,22,26)(H,23,24,25). The number of carbonyl (C=O) groups is 2. The number of nitrogens with one attached hydrogen (secondary N) is 2. The molecule has 0 spiro atoms. The molecule has 0 saturated heterocycles. The highest BCUT2D eigenvalue weighted by Crippen LogP contribution is 2.29. The van der Waals surface area contributed by atoms with Crippen molar-refractivity contribution in [3.05, 3.63) is 66.6 Å². The third kappa shape index (κ3) is 4.58. The van der Waals surface area contributed by atoms with Crippen LogP contribution in [0.25, 0.3) is 10.2 Å². The normalized spacial score (nSPS) is 10.6. The van der Waals surface area contributed by atoms with Crippen LogP contribution < -0.4 is 20.1 Å². The molecule has 4 aromatic rings. The lowest BCUT2D eigenvalue weighted by atomic mass is 10.3. The summed E-state index contributed by atoms with van der Waals surface area (Å²) < 4.78 is 16.7. The lowest BCUT2D eigenvalue weighted by Crippen LogP contribution is -2.20. The number of benzene rings is 2. The smallest absolute Gasteiger partial charge is 0.291 e. The van der Waals surface area contributed by atoms with Crippen molar-refractivity contribution in [3.8, 4) is 11.5 Å². The number of thiazole rings is 1. The Bertz CT molecular complexity index is 1190. The average Bonchev–Trinajstić information content (AvgIpc) is 3.41. The zero-order valence-electron chi connectivity index (χ0n) is 15.9. The van der Waals surface area contributed by atoms with Crippen LogP contribution >= 0.6 is 11.3 Å². The van der Waals surface area contributed by atoms with Crippen LogP contribution in [0.2, 0.25) is 0 Å². The van der Waals surface area contributed by atoms with Crippen molar-refractivity contribution < 1.29 is 23.5 Å². The van der Waals surface area contributed by atoms with Crippen molar-refractivity contribution in [2.45, 2.75) is 0 Å². The average molecular weight is 423 g/mol. The summed E-state index contributed by atoms with van der Waals surface area (Å²) in [4.78, 5) is 28.6. The fourth-order valence-electron chi connectivity index (χ4n) is 2.65. The second kappa shape index (κ2) is 8.66. The van der Waals surface area contributed by atoms with Gasteiger partial charge in [-0.05, 0) is 42.5 Å². The summed E-state index contributed by atoms with van der Waals surface area (Å²) >= 11 is 1.35. The van der Waals surface area contributed by atoms with Crippen LogP contribution in [0.4, 0.5) is 10.8 Å². The van der Waals surface area contributed by atoms with Crippen molar-refractivity contribution in [2.24, 2.45) is 0 Å². The van der Waals surface area contributed by atoms with Crippen LogP contribution in [0.15, 0.2) is 65.3 Å². The van der Waals surface area contributed by atoms with Gasteiger partial charge in [-0.25, -0.2) is 4.98 Å². The van der Waals surface area contributed by atoms with E-state index in [1.807, 2.05) is 18.2 Å². The van der Waals surface area contributed by atoms with Crippen LogP contribution in [0.3, 0.4) is 0 Å².